The molecule has 0 N–H and O–H groups in total. The number of amides is 1. The molecule has 0 radical (unpaired) electrons. The average Bonchev–Trinajstić information content (AvgIpc) is 3.12. The van der Waals surface area contributed by atoms with Crippen LogP contribution in [0.2, 0.25) is 0 Å². The fourth-order valence-corrected chi connectivity index (χ4v) is 2.44. The highest BCUT2D eigenvalue weighted by atomic mass is 16.7. The lowest BCUT2D eigenvalue weighted by Crippen LogP contribution is -2.31. The number of rotatable bonds is 7. The Labute approximate surface area is 130 Å². The Morgan fingerprint density at radius 3 is 2.86 bits per heavy atom. The van der Waals surface area contributed by atoms with Crippen LogP contribution in [-0.4, -0.2) is 27.6 Å². The van der Waals surface area contributed by atoms with Crippen LogP contribution >= 0.6 is 0 Å². The fraction of sp³-hybridized carbons (Fsp3) is 0.500. The summed E-state index contributed by atoms with van der Waals surface area (Å²) in [5, 5.41) is 1.33. The maximum Gasteiger partial charge on any atom is 0.248 e. The number of furan rings is 1. The predicted molar refractivity (Wildman–Crippen MR) is 81.9 cm³/mol. The maximum atomic E-state index is 12.4. The van der Waals surface area contributed by atoms with E-state index in [1.54, 1.807) is 6.20 Å². The van der Waals surface area contributed by atoms with Gasteiger partial charge in [-0.3, -0.25) is 9.63 Å². The first-order chi connectivity index (χ1) is 10.5. The second-order valence-corrected chi connectivity index (χ2v) is 5.28. The predicted octanol–water partition coefficient (Wildman–Crippen LogP) is 2.89. The largest absolute Gasteiger partial charge is 0.464 e. The van der Waals surface area contributed by atoms with E-state index in [2.05, 4.69) is 4.98 Å². The molecular formula is C16H23N3O3. The topological polar surface area (TPSA) is 60.5 Å². The zero-order valence-corrected chi connectivity index (χ0v) is 13.6. The minimum Gasteiger partial charge on any atom is -0.464 e. The molecule has 0 spiro atoms. The molecule has 1 amide bonds. The molecule has 0 aromatic carbocycles. The third-order valence-corrected chi connectivity index (χ3v) is 3.60. The summed E-state index contributed by atoms with van der Waals surface area (Å²) in [5.41, 5.74) is 0. The van der Waals surface area contributed by atoms with E-state index in [-0.39, 0.29) is 11.9 Å². The van der Waals surface area contributed by atoms with Crippen LogP contribution in [0.3, 0.4) is 0 Å². The zero-order chi connectivity index (χ0) is 16.1. The number of aromatic nitrogens is 2. The molecule has 0 fully saturated rings. The summed E-state index contributed by atoms with van der Waals surface area (Å²) in [7, 11) is 1.49. The van der Waals surface area contributed by atoms with Crippen molar-refractivity contribution in [3.63, 3.8) is 0 Å². The van der Waals surface area contributed by atoms with Crippen LogP contribution in [0.4, 0.5) is 0 Å². The van der Waals surface area contributed by atoms with Gasteiger partial charge in [-0.1, -0.05) is 6.92 Å². The van der Waals surface area contributed by atoms with Gasteiger partial charge < -0.3 is 8.98 Å². The summed E-state index contributed by atoms with van der Waals surface area (Å²) in [5.74, 6) is 2.42. The van der Waals surface area contributed by atoms with E-state index in [0.717, 1.165) is 18.0 Å². The molecule has 0 bridgehead atoms. The van der Waals surface area contributed by atoms with Crippen LogP contribution in [0.5, 0.6) is 0 Å². The number of hydroxylamine groups is 2. The van der Waals surface area contributed by atoms with Crippen molar-refractivity contribution in [3.05, 3.63) is 41.9 Å². The number of aryl methyl sites for hydroxylation is 2. The van der Waals surface area contributed by atoms with E-state index >= 15 is 0 Å². The Morgan fingerprint density at radius 2 is 2.27 bits per heavy atom. The van der Waals surface area contributed by atoms with Gasteiger partial charge in [0.15, 0.2) is 0 Å². The van der Waals surface area contributed by atoms with Gasteiger partial charge in [-0.15, -0.1) is 0 Å². The molecule has 2 aromatic rings. The third kappa shape index (κ3) is 3.76. The SMILES string of the molecule is CCc1nccn1C(C)CC(=O)N(Cc1ccc(C)o1)OC. The number of nitrogens with zero attached hydrogens (tertiary/aromatic N) is 3. The van der Waals surface area contributed by atoms with Crippen LogP contribution in [-0.2, 0) is 22.6 Å². The number of imidazole rings is 1. The van der Waals surface area contributed by atoms with E-state index in [9.17, 15) is 4.79 Å². The highest BCUT2D eigenvalue weighted by molar-refractivity contribution is 5.75. The summed E-state index contributed by atoms with van der Waals surface area (Å²) >= 11 is 0. The van der Waals surface area contributed by atoms with Gasteiger partial charge in [0, 0.05) is 31.3 Å². The molecule has 2 heterocycles. The van der Waals surface area contributed by atoms with E-state index in [0.29, 0.717) is 18.7 Å². The quantitative estimate of drug-likeness (QED) is 0.738. The van der Waals surface area contributed by atoms with Crippen molar-refractivity contribution in [2.75, 3.05) is 7.11 Å². The third-order valence-electron chi connectivity index (χ3n) is 3.60. The first kappa shape index (κ1) is 16.3. The Balaban J connectivity index is 1.99. The Morgan fingerprint density at radius 1 is 1.50 bits per heavy atom. The van der Waals surface area contributed by atoms with Crippen molar-refractivity contribution in [2.24, 2.45) is 0 Å². The normalized spacial score (nSPS) is 12.4. The molecule has 6 heteroatoms. The molecule has 0 aliphatic carbocycles. The van der Waals surface area contributed by atoms with Gasteiger partial charge in [0.05, 0.1) is 7.11 Å². The van der Waals surface area contributed by atoms with E-state index in [1.165, 1.54) is 12.2 Å². The molecule has 0 saturated carbocycles. The lowest BCUT2D eigenvalue weighted by atomic mass is 10.2. The Bertz CT molecular complexity index is 618. The van der Waals surface area contributed by atoms with Crippen molar-refractivity contribution in [1.82, 2.24) is 14.6 Å². The van der Waals surface area contributed by atoms with Crippen molar-refractivity contribution < 1.29 is 14.0 Å². The minimum atomic E-state index is -0.0835. The van der Waals surface area contributed by atoms with E-state index < -0.39 is 0 Å². The van der Waals surface area contributed by atoms with Crippen LogP contribution in [0, 0.1) is 6.92 Å². The number of hydrogen-bond donors (Lipinski definition) is 0. The molecule has 0 aliphatic heterocycles. The molecule has 1 unspecified atom stereocenters. The number of carbonyl (C=O) groups is 1. The minimum absolute atomic E-state index is 0.0286. The van der Waals surface area contributed by atoms with Gasteiger partial charge in [0.1, 0.15) is 23.9 Å². The van der Waals surface area contributed by atoms with E-state index in [4.69, 9.17) is 9.25 Å². The van der Waals surface area contributed by atoms with Crippen molar-refractivity contribution >= 4 is 5.91 Å². The first-order valence-electron chi connectivity index (χ1n) is 7.46. The molecule has 0 saturated heterocycles. The number of carbonyl (C=O) groups excluding carboxylic acids is 1. The molecule has 2 aromatic heterocycles. The molecule has 2 rings (SSSR count). The smallest absolute Gasteiger partial charge is 0.248 e. The second kappa shape index (κ2) is 7.26. The monoisotopic (exact) mass is 305 g/mol. The second-order valence-electron chi connectivity index (χ2n) is 5.28. The molecule has 0 aliphatic rings. The summed E-state index contributed by atoms with van der Waals surface area (Å²) in [6, 6.07) is 3.75. The van der Waals surface area contributed by atoms with Gasteiger partial charge in [-0.25, -0.2) is 10.0 Å². The van der Waals surface area contributed by atoms with Gasteiger partial charge in [0.2, 0.25) is 5.91 Å². The van der Waals surface area contributed by atoms with Gasteiger partial charge in [-0.2, -0.15) is 0 Å². The summed E-state index contributed by atoms with van der Waals surface area (Å²) in [4.78, 5) is 21.9. The molecule has 1 atom stereocenters. The first-order valence-corrected chi connectivity index (χ1v) is 7.46. The van der Waals surface area contributed by atoms with Gasteiger partial charge >= 0.3 is 0 Å². The number of hydrogen-bond acceptors (Lipinski definition) is 4. The summed E-state index contributed by atoms with van der Waals surface area (Å²) < 4.78 is 7.52. The molecule has 6 nitrogen and oxygen atoms in total. The van der Waals surface area contributed by atoms with Crippen molar-refractivity contribution in [3.8, 4) is 0 Å². The zero-order valence-electron chi connectivity index (χ0n) is 13.6. The van der Waals surface area contributed by atoms with Crippen LogP contribution in [0.25, 0.3) is 0 Å². The maximum absolute atomic E-state index is 12.4. The standard InChI is InChI=1S/C16H23N3O3/c1-5-15-17-8-9-18(15)12(2)10-16(20)19(21-4)11-14-7-6-13(3)22-14/h6-9,12H,5,10-11H2,1-4H3. The van der Waals surface area contributed by atoms with Crippen LogP contribution in [0.1, 0.15) is 43.7 Å². The Kier molecular flexibility index (Phi) is 5.38. The van der Waals surface area contributed by atoms with Crippen molar-refractivity contribution in [2.45, 2.75) is 46.2 Å². The summed E-state index contributed by atoms with van der Waals surface area (Å²) in [6.45, 7) is 6.23. The Hall–Kier alpha value is -2.08. The highest BCUT2D eigenvalue weighted by Crippen LogP contribution is 2.17. The average molecular weight is 305 g/mol. The lowest BCUT2D eigenvalue weighted by Gasteiger charge is -2.22. The van der Waals surface area contributed by atoms with Crippen LogP contribution < -0.4 is 0 Å². The van der Waals surface area contributed by atoms with Crippen LogP contribution in [0.15, 0.2) is 28.9 Å². The molecule has 22 heavy (non-hydrogen) atoms. The lowest BCUT2D eigenvalue weighted by molar-refractivity contribution is -0.181. The van der Waals surface area contributed by atoms with E-state index in [1.807, 2.05) is 43.7 Å². The van der Waals surface area contributed by atoms with Gasteiger partial charge in [-0.05, 0) is 26.0 Å². The van der Waals surface area contributed by atoms with Gasteiger partial charge in [0.25, 0.3) is 0 Å². The molecular weight excluding hydrogens is 282 g/mol. The fourth-order valence-electron chi connectivity index (χ4n) is 2.44. The molecule has 120 valence electrons. The highest BCUT2D eigenvalue weighted by Gasteiger charge is 2.20. The summed E-state index contributed by atoms with van der Waals surface area (Å²) in [6.07, 6.45) is 4.85. The van der Waals surface area contributed by atoms with Crippen molar-refractivity contribution in [1.29, 1.82) is 0 Å².